The Morgan fingerprint density at radius 1 is 1.40 bits per heavy atom. The monoisotopic (exact) mass is 213 g/mol. The lowest BCUT2D eigenvalue weighted by molar-refractivity contribution is -0.155. The molecule has 1 heterocycles. The minimum absolute atomic E-state index is 0.215. The molecule has 0 spiro atoms. The number of carboxylic acid groups (broad SMARTS) is 1. The summed E-state index contributed by atoms with van der Waals surface area (Å²) < 4.78 is 5.77. The molecule has 86 valence electrons. The lowest BCUT2D eigenvalue weighted by atomic mass is 9.83. The van der Waals surface area contributed by atoms with Crippen LogP contribution in [-0.2, 0) is 9.53 Å². The van der Waals surface area contributed by atoms with Crippen LogP contribution in [0.3, 0.4) is 0 Å². The minimum atomic E-state index is -0.806. The van der Waals surface area contributed by atoms with Crippen LogP contribution < -0.4 is 5.32 Å². The maximum atomic E-state index is 11.0. The van der Waals surface area contributed by atoms with Gasteiger partial charge in [0.15, 0.2) is 0 Å². The molecule has 2 N–H and O–H groups in total. The van der Waals surface area contributed by atoms with Gasteiger partial charge in [-0.25, -0.2) is 0 Å². The number of ether oxygens (including phenoxy) is 1. The van der Waals surface area contributed by atoms with Crippen molar-refractivity contribution in [2.24, 2.45) is 5.92 Å². The van der Waals surface area contributed by atoms with Crippen molar-refractivity contribution in [2.75, 3.05) is 0 Å². The average molecular weight is 213 g/mol. The second-order valence-electron chi connectivity index (χ2n) is 4.89. The van der Waals surface area contributed by atoms with E-state index in [1.807, 2.05) is 6.92 Å². The normalized spacial score (nSPS) is 45.9. The van der Waals surface area contributed by atoms with E-state index in [1.165, 1.54) is 6.42 Å². The first-order chi connectivity index (χ1) is 7.08. The van der Waals surface area contributed by atoms with Crippen LogP contribution in [0, 0.1) is 5.92 Å². The van der Waals surface area contributed by atoms with Gasteiger partial charge in [-0.2, -0.15) is 0 Å². The van der Waals surface area contributed by atoms with Gasteiger partial charge in [-0.3, -0.25) is 10.1 Å². The van der Waals surface area contributed by atoms with E-state index in [2.05, 4.69) is 12.2 Å². The van der Waals surface area contributed by atoms with Gasteiger partial charge in [0.2, 0.25) is 0 Å². The zero-order chi connectivity index (χ0) is 11.0. The van der Waals surface area contributed by atoms with Crippen molar-refractivity contribution in [2.45, 2.75) is 57.4 Å². The van der Waals surface area contributed by atoms with Crippen LogP contribution in [0.2, 0.25) is 0 Å². The summed E-state index contributed by atoms with van der Waals surface area (Å²) in [6.45, 7) is 4.05. The Morgan fingerprint density at radius 3 is 2.80 bits per heavy atom. The highest BCUT2D eigenvalue weighted by molar-refractivity contribution is 5.74. The van der Waals surface area contributed by atoms with Crippen molar-refractivity contribution in [3.63, 3.8) is 0 Å². The van der Waals surface area contributed by atoms with Gasteiger partial charge in [-0.15, -0.1) is 0 Å². The maximum absolute atomic E-state index is 11.0. The van der Waals surface area contributed by atoms with Crippen molar-refractivity contribution < 1.29 is 14.6 Å². The standard InChI is InChI=1S/C11H19NO3/c1-6-3-4-9-8(5-6)12-10(11(13)14)7(2)15-9/h6-10,12H,3-5H2,1-2H3,(H,13,14). The molecule has 1 aliphatic heterocycles. The molecule has 4 nitrogen and oxygen atoms in total. The van der Waals surface area contributed by atoms with E-state index in [0.717, 1.165) is 12.8 Å². The number of nitrogens with one attached hydrogen (secondary N) is 1. The van der Waals surface area contributed by atoms with Gasteiger partial charge < -0.3 is 9.84 Å². The van der Waals surface area contributed by atoms with E-state index < -0.39 is 12.0 Å². The van der Waals surface area contributed by atoms with Gasteiger partial charge in [-0.1, -0.05) is 6.92 Å². The number of carboxylic acids is 1. The van der Waals surface area contributed by atoms with E-state index in [0.29, 0.717) is 5.92 Å². The lowest BCUT2D eigenvalue weighted by Gasteiger charge is -2.44. The summed E-state index contributed by atoms with van der Waals surface area (Å²) in [6.07, 6.45) is 3.26. The Kier molecular flexibility index (Phi) is 2.98. The zero-order valence-corrected chi connectivity index (χ0v) is 9.27. The summed E-state index contributed by atoms with van der Waals surface area (Å²) in [6, 6.07) is -0.317. The third-order valence-corrected chi connectivity index (χ3v) is 3.57. The molecule has 1 aliphatic carbocycles. The fraction of sp³-hybridized carbons (Fsp3) is 0.909. The van der Waals surface area contributed by atoms with Gasteiger partial charge in [-0.05, 0) is 32.1 Å². The topological polar surface area (TPSA) is 58.6 Å². The smallest absolute Gasteiger partial charge is 0.323 e. The molecule has 0 aromatic rings. The summed E-state index contributed by atoms with van der Waals surface area (Å²) in [5.41, 5.74) is 0. The molecule has 0 aromatic carbocycles. The molecule has 0 bridgehead atoms. The molecule has 0 aromatic heterocycles. The first-order valence-corrected chi connectivity index (χ1v) is 5.72. The average Bonchev–Trinajstić information content (AvgIpc) is 2.17. The highest BCUT2D eigenvalue weighted by Gasteiger charge is 2.40. The number of fused-ring (bicyclic) bond motifs is 1. The Labute approximate surface area is 90.0 Å². The summed E-state index contributed by atoms with van der Waals surface area (Å²) >= 11 is 0. The SMILES string of the molecule is CC1CCC2OC(C)C(C(=O)O)NC2C1. The Bertz CT molecular complexity index is 256. The number of hydrogen-bond acceptors (Lipinski definition) is 3. The fourth-order valence-corrected chi connectivity index (χ4v) is 2.68. The molecule has 15 heavy (non-hydrogen) atoms. The van der Waals surface area contributed by atoms with Crippen molar-refractivity contribution in [1.82, 2.24) is 5.32 Å². The van der Waals surface area contributed by atoms with Gasteiger partial charge >= 0.3 is 5.97 Å². The quantitative estimate of drug-likeness (QED) is 0.682. The van der Waals surface area contributed by atoms with E-state index in [-0.39, 0.29) is 18.2 Å². The zero-order valence-electron chi connectivity index (χ0n) is 9.27. The van der Waals surface area contributed by atoms with Crippen LogP contribution in [0.25, 0.3) is 0 Å². The van der Waals surface area contributed by atoms with Crippen LogP contribution >= 0.6 is 0 Å². The molecule has 0 amide bonds. The second kappa shape index (κ2) is 4.10. The molecule has 0 radical (unpaired) electrons. The highest BCUT2D eigenvalue weighted by Crippen LogP contribution is 2.30. The van der Waals surface area contributed by atoms with Crippen molar-refractivity contribution in [3.05, 3.63) is 0 Å². The van der Waals surface area contributed by atoms with Crippen molar-refractivity contribution >= 4 is 5.97 Å². The van der Waals surface area contributed by atoms with E-state index in [4.69, 9.17) is 9.84 Å². The second-order valence-corrected chi connectivity index (χ2v) is 4.89. The van der Waals surface area contributed by atoms with E-state index >= 15 is 0 Å². The van der Waals surface area contributed by atoms with Crippen LogP contribution in [0.1, 0.15) is 33.1 Å². The fourth-order valence-electron chi connectivity index (χ4n) is 2.68. The lowest BCUT2D eigenvalue weighted by Crippen LogP contribution is -2.62. The summed E-state index contributed by atoms with van der Waals surface area (Å²) in [4.78, 5) is 11.0. The van der Waals surface area contributed by atoms with Gasteiger partial charge in [0.05, 0.1) is 12.2 Å². The van der Waals surface area contributed by atoms with Crippen LogP contribution in [0.15, 0.2) is 0 Å². The van der Waals surface area contributed by atoms with E-state index in [9.17, 15) is 4.79 Å². The number of rotatable bonds is 1. The van der Waals surface area contributed by atoms with Gasteiger partial charge in [0, 0.05) is 6.04 Å². The van der Waals surface area contributed by atoms with Crippen LogP contribution in [0.5, 0.6) is 0 Å². The molecule has 5 unspecified atom stereocenters. The molecular weight excluding hydrogens is 194 g/mol. The third kappa shape index (κ3) is 2.16. The molecule has 1 saturated heterocycles. The van der Waals surface area contributed by atoms with Crippen molar-refractivity contribution in [1.29, 1.82) is 0 Å². The Morgan fingerprint density at radius 2 is 2.13 bits per heavy atom. The largest absolute Gasteiger partial charge is 0.480 e. The Hall–Kier alpha value is -0.610. The number of hydrogen-bond donors (Lipinski definition) is 2. The number of carbonyl (C=O) groups is 1. The number of morpholine rings is 1. The molecule has 5 atom stereocenters. The third-order valence-electron chi connectivity index (χ3n) is 3.57. The summed E-state index contributed by atoms with van der Waals surface area (Å²) in [7, 11) is 0. The van der Waals surface area contributed by atoms with Crippen LogP contribution in [-0.4, -0.2) is 35.4 Å². The minimum Gasteiger partial charge on any atom is -0.480 e. The van der Waals surface area contributed by atoms with Gasteiger partial charge in [0.25, 0.3) is 0 Å². The maximum Gasteiger partial charge on any atom is 0.323 e. The first kappa shape index (κ1) is 10.9. The summed E-state index contributed by atoms with van der Waals surface area (Å²) in [5, 5.41) is 12.2. The first-order valence-electron chi connectivity index (χ1n) is 5.72. The molecular formula is C11H19NO3. The molecule has 4 heteroatoms. The highest BCUT2D eigenvalue weighted by atomic mass is 16.5. The van der Waals surface area contributed by atoms with Crippen molar-refractivity contribution in [3.8, 4) is 0 Å². The molecule has 1 saturated carbocycles. The number of aliphatic carboxylic acids is 1. The summed E-state index contributed by atoms with van der Waals surface area (Å²) in [5.74, 6) is -0.135. The van der Waals surface area contributed by atoms with Gasteiger partial charge in [0.1, 0.15) is 6.04 Å². The molecule has 2 rings (SSSR count). The molecule has 2 aliphatic rings. The predicted molar refractivity (Wildman–Crippen MR) is 55.7 cm³/mol. The molecule has 2 fully saturated rings. The van der Waals surface area contributed by atoms with E-state index in [1.54, 1.807) is 0 Å². The Balaban J connectivity index is 2.03. The predicted octanol–water partition coefficient (Wildman–Crippen LogP) is 1.01. The van der Waals surface area contributed by atoms with Crippen LogP contribution in [0.4, 0.5) is 0 Å².